The number of nitrogens with one attached hydrogen (secondary N) is 1. The highest BCUT2D eigenvalue weighted by molar-refractivity contribution is 5.71. The highest BCUT2D eigenvalue weighted by atomic mass is 16.6. The maximum Gasteiger partial charge on any atom is 0.353 e. The molecule has 0 saturated carbocycles. The average Bonchev–Trinajstić information content (AvgIpc) is 2.54. The predicted octanol–water partition coefficient (Wildman–Crippen LogP) is -0.860. The molecule has 2 rings (SSSR count). The lowest BCUT2D eigenvalue weighted by molar-refractivity contribution is -0.383. The van der Waals surface area contributed by atoms with E-state index in [9.17, 15) is 10.1 Å². The number of aliphatic hydroxyl groups excluding tert-OH is 1. The van der Waals surface area contributed by atoms with E-state index in [1.165, 1.54) is 0 Å². The molecule has 0 aliphatic carbocycles. The van der Waals surface area contributed by atoms with E-state index in [1.54, 1.807) is 0 Å². The number of rotatable bonds is 8. The summed E-state index contributed by atoms with van der Waals surface area (Å²) in [7, 11) is 2.00. The van der Waals surface area contributed by atoms with Gasteiger partial charge in [0.15, 0.2) is 0 Å². The number of hydrogen-bond acceptors (Lipinski definition) is 10. The number of nitrogen functional groups attached to an aromatic ring is 1. The second kappa shape index (κ2) is 8.57. The van der Waals surface area contributed by atoms with Gasteiger partial charge in [0.05, 0.1) is 24.7 Å². The minimum Gasteiger partial charge on any atom is -0.394 e. The first-order valence-corrected chi connectivity index (χ1v) is 7.70. The number of piperazine rings is 1. The van der Waals surface area contributed by atoms with Crippen LogP contribution in [0.5, 0.6) is 0 Å². The maximum absolute atomic E-state index is 11.3. The lowest BCUT2D eigenvalue weighted by atomic mass is 10.3. The van der Waals surface area contributed by atoms with Crippen molar-refractivity contribution < 1.29 is 14.8 Å². The van der Waals surface area contributed by atoms with Crippen molar-refractivity contribution >= 4 is 23.3 Å². The molecule has 0 radical (unpaired) electrons. The van der Waals surface area contributed by atoms with E-state index in [1.807, 2.05) is 11.9 Å². The topological polar surface area (TPSA) is 143 Å². The number of hydrogen-bond donors (Lipinski definition) is 3. The van der Waals surface area contributed by atoms with Gasteiger partial charge in [0.2, 0.25) is 17.6 Å². The monoisotopic (exact) mass is 341 g/mol. The molecule has 11 nitrogen and oxygen atoms in total. The molecule has 0 atom stereocenters. The third kappa shape index (κ3) is 4.63. The summed E-state index contributed by atoms with van der Waals surface area (Å²) in [5.74, 6) is 0.293. The Morgan fingerprint density at radius 2 is 2.04 bits per heavy atom. The van der Waals surface area contributed by atoms with Gasteiger partial charge in [-0.3, -0.25) is 10.1 Å². The Morgan fingerprint density at radius 1 is 1.33 bits per heavy atom. The van der Waals surface area contributed by atoms with Crippen LogP contribution in [0.2, 0.25) is 0 Å². The van der Waals surface area contributed by atoms with Crippen molar-refractivity contribution in [2.45, 2.75) is 0 Å². The fourth-order valence-corrected chi connectivity index (χ4v) is 2.35. The SMILES string of the molecule is CN1CCN(c2nc(NCCOCCO)nc(N)c2[N+](=O)[O-])CC1. The van der Waals surface area contributed by atoms with Gasteiger partial charge < -0.3 is 30.7 Å². The van der Waals surface area contributed by atoms with E-state index in [0.29, 0.717) is 26.2 Å². The van der Waals surface area contributed by atoms with Gasteiger partial charge in [-0.2, -0.15) is 9.97 Å². The van der Waals surface area contributed by atoms with Gasteiger partial charge in [-0.1, -0.05) is 0 Å². The van der Waals surface area contributed by atoms with Gasteiger partial charge in [-0.25, -0.2) is 0 Å². The Morgan fingerprint density at radius 3 is 2.67 bits per heavy atom. The zero-order valence-corrected chi connectivity index (χ0v) is 13.6. The Kier molecular flexibility index (Phi) is 6.46. The first kappa shape index (κ1) is 18.1. The van der Waals surface area contributed by atoms with Crippen molar-refractivity contribution in [3.05, 3.63) is 10.1 Å². The molecule has 134 valence electrons. The summed E-state index contributed by atoms with van der Waals surface area (Å²) in [4.78, 5) is 23.0. The molecule has 0 amide bonds. The summed E-state index contributed by atoms with van der Waals surface area (Å²) < 4.78 is 5.13. The molecule has 1 aromatic heterocycles. The molecule has 0 aromatic carbocycles. The molecule has 0 bridgehead atoms. The fourth-order valence-electron chi connectivity index (χ4n) is 2.35. The maximum atomic E-state index is 11.3. The first-order valence-electron chi connectivity index (χ1n) is 7.70. The van der Waals surface area contributed by atoms with E-state index in [4.69, 9.17) is 15.6 Å². The van der Waals surface area contributed by atoms with E-state index >= 15 is 0 Å². The van der Waals surface area contributed by atoms with Gasteiger partial charge >= 0.3 is 5.69 Å². The Bertz CT molecular complexity index is 563. The number of likely N-dealkylation sites (N-methyl/N-ethyl adjacent to an activating group) is 1. The number of aliphatic hydroxyl groups is 1. The molecule has 0 spiro atoms. The highest BCUT2D eigenvalue weighted by Gasteiger charge is 2.28. The summed E-state index contributed by atoms with van der Waals surface area (Å²) in [5.41, 5.74) is 5.51. The highest BCUT2D eigenvalue weighted by Crippen LogP contribution is 2.32. The number of aromatic nitrogens is 2. The zero-order valence-electron chi connectivity index (χ0n) is 13.6. The molecule has 1 saturated heterocycles. The van der Waals surface area contributed by atoms with Crippen LogP contribution >= 0.6 is 0 Å². The summed E-state index contributed by atoms with van der Waals surface area (Å²) in [6.07, 6.45) is 0. The molecular weight excluding hydrogens is 318 g/mol. The molecule has 24 heavy (non-hydrogen) atoms. The van der Waals surface area contributed by atoms with Crippen molar-refractivity contribution in [1.82, 2.24) is 14.9 Å². The fraction of sp³-hybridized carbons (Fsp3) is 0.692. The standard InChI is InChI=1S/C13H23N7O4/c1-18-3-5-19(6-4-18)12-10(20(22)23)11(14)16-13(17-12)15-2-8-24-9-7-21/h21H,2-9H2,1H3,(H3,14,15,16,17). The van der Waals surface area contributed by atoms with Gasteiger partial charge in [0.1, 0.15) is 0 Å². The summed E-state index contributed by atoms with van der Waals surface area (Å²) >= 11 is 0. The minimum absolute atomic E-state index is 0.0471. The van der Waals surface area contributed by atoms with Crippen LogP contribution in [0.25, 0.3) is 0 Å². The molecule has 11 heteroatoms. The van der Waals surface area contributed by atoms with Gasteiger partial charge in [0.25, 0.3) is 0 Å². The van der Waals surface area contributed by atoms with Gasteiger partial charge in [-0.15, -0.1) is 0 Å². The predicted molar refractivity (Wildman–Crippen MR) is 89.2 cm³/mol. The van der Waals surface area contributed by atoms with E-state index in [0.717, 1.165) is 13.1 Å². The molecule has 1 aromatic rings. The molecule has 2 heterocycles. The van der Waals surface area contributed by atoms with Crippen LogP contribution in [0.4, 0.5) is 23.3 Å². The smallest absolute Gasteiger partial charge is 0.353 e. The molecule has 1 aliphatic rings. The number of nitro groups is 1. The molecule has 4 N–H and O–H groups in total. The lowest BCUT2D eigenvalue weighted by Crippen LogP contribution is -2.45. The van der Waals surface area contributed by atoms with Crippen LogP contribution < -0.4 is 16.0 Å². The summed E-state index contributed by atoms with van der Waals surface area (Å²) in [6.45, 7) is 3.80. The van der Waals surface area contributed by atoms with Gasteiger partial charge in [0, 0.05) is 32.7 Å². The number of nitrogens with two attached hydrogens (primary N) is 1. The van der Waals surface area contributed by atoms with Crippen molar-refractivity contribution in [2.75, 3.05) is 75.5 Å². The number of ether oxygens (including phenoxy) is 1. The van der Waals surface area contributed by atoms with Crippen molar-refractivity contribution in [1.29, 1.82) is 0 Å². The lowest BCUT2D eigenvalue weighted by Gasteiger charge is -2.32. The molecule has 0 unspecified atom stereocenters. The summed E-state index contributed by atoms with van der Waals surface area (Å²) in [5, 5.41) is 22.9. The first-order chi connectivity index (χ1) is 11.5. The zero-order chi connectivity index (χ0) is 17.5. The quantitative estimate of drug-likeness (QED) is 0.310. The van der Waals surface area contributed by atoms with E-state index in [2.05, 4.69) is 20.2 Å². The largest absolute Gasteiger partial charge is 0.394 e. The van der Waals surface area contributed by atoms with Crippen LogP contribution in [-0.4, -0.2) is 84.5 Å². The van der Waals surface area contributed by atoms with E-state index in [-0.39, 0.29) is 36.5 Å². The number of anilines is 3. The van der Waals surface area contributed by atoms with Crippen molar-refractivity contribution in [3.8, 4) is 0 Å². The molecule has 1 aliphatic heterocycles. The second-order valence-electron chi connectivity index (χ2n) is 5.41. The van der Waals surface area contributed by atoms with Crippen molar-refractivity contribution in [2.24, 2.45) is 0 Å². The Labute approximate surface area is 139 Å². The normalized spacial score (nSPS) is 15.5. The summed E-state index contributed by atoms with van der Waals surface area (Å²) in [6, 6.07) is 0. The second-order valence-corrected chi connectivity index (χ2v) is 5.41. The molecule has 1 fully saturated rings. The van der Waals surface area contributed by atoms with Crippen LogP contribution in [-0.2, 0) is 4.74 Å². The van der Waals surface area contributed by atoms with E-state index < -0.39 is 4.92 Å². The minimum atomic E-state index is -0.545. The average molecular weight is 341 g/mol. The molecular formula is C13H23N7O4. The Balaban J connectivity index is 2.14. The van der Waals surface area contributed by atoms with Gasteiger partial charge in [-0.05, 0) is 7.05 Å². The third-order valence-electron chi connectivity index (χ3n) is 3.64. The number of nitrogens with zero attached hydrogens (tertiary/aromatic N) is 5. The van der Waals surface area contributed by atoms with Crippen LogP contribution in [0, 0.1) is 10.1 Å². The van der Waals surface area contributed by atoms with Crippen LogP contribution in [0.3, 0.4) is 0 Å². The van der Waals surface area contributed by atoms with Crippen LogP contribution in [0.15, 0.2) is 0 Å². The van der Waals surface area contributed by atoms with Crippen LogP contribution in [0.1, 0.15) is 0 Å². The Hall–Kier alpha value is -2.24. The van der Waals surface area contributed by atoms with Crippen molar-refractivity contribution in [3.63, 3.8) is 0 Å². The third-order valence-corrected chi connectivity index (χ3v) is 3.64.